The zero-order valence-electron chi connectivity index (χ0n) is 22.6. The fraction of sp³-hybridized carbons (Fsp3) is 0.300. The van der Waals surface area contributed by atoms with E-state index in [4.69, 9.17) is 5.11 Å². The second kappa shape index (κ2) is 13.7. The van der Waals surface area contributed by atoms with Crippen LogP contribution in [0.5, 0.6) is 0 Å². The highest BCUT2D eigenvalue weighted by atomic mass is 19.1. The van der Waals surface area contributed by atoms with Crippen molar-refractivity contribution >= 4 is 29.3 Å². The molecule has 3 amide bonds. The molecule has 2 atom stereocenters. The number of anilines is 1. The minimum absolute atomic E-state index is 0.0302. The van der Waals surface area contributed by atoms with Gasteiger partial charge in [0.2, 0.25) is 5.82 Å². The number of hydrogen-bond donors (Lipinski definition) is 5. The molecule has 0 aliphatic heterocycles. The molecule has 0 spiro atoms. The Bertz CT molecular complexity index is 1440. The number of carboxylic acid groups (broad SMARTS) is 1. The van der Waals surface area contributed by atoms with Crippen LogP contribution in [0, 0.1) is 15.9 Å². The average Bonchev–Trinajstić information content (AvgIpc) is 3.00. The van der Waals surface area contributed by atoms with Gasteiger partial charge in [-0.1, -0.05) is 55.7 Å². The van der Waals surface area contributed by atoms with Crippen LogP contribution in [0.1, 0.15) is 71.1 Å². The Morgan fingerprint density at radius 3 is 2.17 bits per heavy atom. The van der Waals surface area contributed by atoms with E-state index in [0.29, 0.717) is 11.5 Å². The molecule has 1 fully saturated rings. The number of carboxylic acids is 1. The molecule has 3 aromatic rings. The van der Waals surface area contributed by atoms with Crippen LogP contribution in [0.4, 0.5) is 20.6 Å². The van der Waals surface area contributed by atoms with Crippen molar-refractivity contribution in [1.82, 2.24) is 10.6 Å². The van der Waals surface area contributed by atoms with Gasteiger partial charge in [0.1, 0.15) is 0 Å². The predicted octanol–water partition coefficient (Wildman–Crippen LogP) is 4.87. The molecule has 1 aliphatic rings. The van der Waals surface area contributed by atoms with Gasteiger partial charge < -0.3 is 26.2 Å². The third kappa shape index (κ3) is 7.67. The summed E-state index contributed by atoms with van der Waals surface area (Å²) < 4.78 is 13.8. The summed E-state index contributed by atoms with van der Waals surface area (Å²) in [7, 11) is 0. The average molecular weight is 579 g/mol. The Labute approximate surface area is 240 Å². The van der Waals surface area contributed by atoms with E-state index in [-0.39, 0.29) is 11.3 Å². The Kier molecular flexibility index (Phi) is 9.81. The molecule has 1 unspecified atom stereocenters. The zero-order chi connectivity index (χ0) is 30.2. The summed E-state index contributed by atoms with van der Waals surface area (Å²) in [5.74, 6) is -2.58. The van der Waals surface area contributed by atoms with E-state index in [0.717, 1.165) is 30.5 Å². The number of rotatable bonds is 10. The molecule has 5 N–H and O–H groups in total. The number of urea groups is 1. The SMILES string of the molecule is O=C(Nc1ccc(F)c([N+](=O)[O-])c1)NC(c1ccc(C(=O)NC[C@@H](O)C(=O)O)cc1)c1ccc(C2CCCCC2)cc1. The Hall–Kier alpha value is -4.84. The Balaban J connectivity index is 1.55. The summed E-state index contributed by atoms with van der Waals surface area (Å²) >= 11 is 0. The summed E-state index contributed by atoms with van der Waals surface area (Å²) in [6, 6.07) is 15.8. The van der Waals surface area contributed by atoms with Crippen LogP contribution in [0.3, 0.4) is 0 Å². The monoisotopic (exact) mass is 578 g/mol. The Morgan fingerprint density at radius 2 is 1.57 bits per heavy atom. The first-order valence-electron chi connectivity index (χ1n) is 13.5. The maximum Gasteiger partial charge on any atom is 0.334 e. The maximum atomic E-state index is 13.8. The number of nitro groups is 1. The van der Waals surface area contributed by atoms with Crippen molar-refractivity contribution in [3.05, 3.63) is 105 Å². The van der Waals surface area contributed by atoms with E-state index >= 15 is 0 Å². The van der Waals surface area contributed by atoms with Crippen molar-refractivity contribution in [3.63, 3.8) is 0 Å². The zero-order valence-corrected chi connectivity index (χ0v) is 22.6. The van der Waals surface area contributed by atoms with Gasteiger partial charge in [0.15, 0.2) is 6.10 Å². The first-order chi connectivity index (χ1) is 20.1. The van der Waals surface area contributed by atoms with Gasteiger partial charge in [-0.15, -0.1) is 0 Å². The number of aliphatic carboxylic acids is 1. The maximum absolute atomic E-state index is 13.8. The summed E-state index contributed by atoms with van der Waals surface area (Å²) in [5, 5.41) is 37.0. The quantitative estimate of drug-likeness (QED) is 0.169. The van der Waals surface area contributed by atoms with Crippen molar-refractivity contribution < 1.29 is 33.9 Å². The number of benzene rings is 3. The number of nitro benzene ring substituents is 1. The van der Waals surface area contributed by atoms with Crippen LogP contribution in [0.2, 0.25) is 0 Å². The number of aliphatic hydroxyl groups excluding tert-OH is 1. The van der Waals surface area contributed by atoms with Crippen LogP contribution in [-0.2, 0) is 4.79 Å². The fourth-order valence-electron chi connectivity index (χ4n) is 4.99. The van der Waals surface area contributed by atoms with Gasteiger partial charge in [0.25, 0.3) is 5.91 Å². The lowest BCUT2D eigenvalue weighted by Crippen LogP contribution is -2.36. The molecule has 0 radical (unpaired) electrons. The van der Waals surface area contributed by atoms with Crippen LogP contribution in [-0.4, -0.2) is 45.7 Å². The van der Waals surface area contributed by atoms with E-state index in [1.165, 1.54) is 43.0 Å². The largest absolute Gasteiger partial charge is 0.479 e. The van der Waals surface area contributed by atoms with Crippen molar-refractivity contribution in [2.24, 2.45) is 0 Å². The summed E-state index contributed by atoms with van der Waals surface area (Å²) in [4.78, 5) is 46.4. The first kappa shape index (κ1) is 30.1. The number of aliphatic hydroxyl groups is 1. The lowest BCUT2D eigenvalue weighted by molar-refractivity contribution is -0.387. The molecular formula is C30H31FN4O7. The number of nitrogens with one attached hydrogen (secondary N) is 3. The summed E-state index contributed by atoms with van der Waals surface area (Å²) in [6.45, 7) is -0.463. The normalized spacial score (nSPS) is 14.8. The molecular weight excluding hydrogens is 547 g/mol. The lowest BCUT2D eigenvalue weighted by Gasteiger charge is -2.24. The number of carbonyl (C=O) groups excluding carboxylic acids is 2. The van der Waals surface area contributed by atoms with E-state index in [9.17, 15) is 34.0 Å². The van der Waals surface area contributed by atoms with Crippen molar-refractivity contribution in [1.29, 1.82) is 0 Å². The van der Waals surface area contributed by atoms with Gasteiger partial charge >= 0.3 is 17.7 Å². The number of amides is 3. The van der Waals surface area contributed by atoms with Crippen molar-refractivity contribution in [2.45, 2.75) is 50.2 Å². The fourth-order valence-corrected chi connectivity index (χ4v) is 4.99. The molecule has 1 saturated carbocycles. The van der Waals surface area contributed by atoms with Crippen LogP contribution >= 0.6 is 0 Å². The van der Waals surface area contributed by atoms with Crippen molar-refractivity contribution in [3.8, 4) is 0 Å². The predicted molar refractivity (Wildman–Crippen MR) is 152 cm³/mol. The highest BCUT2D eigenvalue weighted by Crippen LogP contribution is 2.34. The van der Waals surface area contributed by atoms with E-state index < -0.39 is 53.0 Å². The highest BCUT2D eigenvalue weighted by Gasteiger charge is 2.22. The number of nitrogens with zero attached hydrogens (tertiary/aromatic N) is 1. The minimum atomic E-state index is -1.74. The topological polar surface area (TPSA) is 171 Å². The molecule has 4 rings (SSSR count). The first-order valence-corrected chi connectivity index (χ1v) is 13.5. The standard InChI is InChI=1S/C30H31FN4O7/c31-24-15-14-23(16-25(24)35(41)42)33-30(40)34-27(20-8-6-19(7-9-20)18-4-2-1-3-5-18)21-10-12-22(13-11-21)28(37)32-17-26(36)29(38)39/h6-16,18,26-27,36H,1-5,17H2,(H,32,37)(H,38,39)(H2,33,34,40)/t26-,27?/m1/s1. The third-order valence-electron chi connectivity index (χ3n) is 7.27. The second-order valence-electron chi connectivity index (χ2n) is 10.1. The summed E-state index contributed by atoms with van der Waals surface area (Å²) in [5.41, 5.74) is 2.05. The van der Waals surface area contributed by atoms with Gasteiger partial charge in [0, 0.05) is 17.3 Å². The van der Waals surface area contributed by atoms with Gasteiger partial charge in [-0.3, -0.25) is 14.9 Å². The third-order valence-corrected chi connectivity index (χ3v) is 7.27. The van der Waals surface area contributed by atoms with Crippen LogP contribution in [0.25, 0.3) is 0 Å². The molecule has 220 valence electrons. The molecule has 12 heteroatoms. The number of halogens is 1. The second-order valence-corrected chi connectivity index (χ2v) is 10.1. The summed E-state index contributed by atoms with van der Waals surface area (Å²) in [6.07, 6.45) is 4.13. The molecule has 11 nitrogen and oxygen atoms in total. The van der Waals surface area contributed by atoms with E-state index in [2.05, 4.69) is 16.0 Å². The molecule has 0 bridgehead atoms. The molecule has 42 heavy (non-hydrogen) atoms. The minimum Gasteiger partial charge on any atom is -0.479 e. The van der Waals surface area contributed by atoms with Crippen molar-refractivity contribution in [2.75, 3.05) is 11.9 Å². The Morgan fingerprint density at radius 1 is 0.952 bits per heavy atom. The lowest BCUT2D eigenvalue weighted by atomic mass is 9.83. The van der Waals surface area contributed by atoms with E-state index in [1.807, 2.05) is 24.3 Å². The van der Waals surface area contributed by atoms with Gasteiger partial charge in [-0.05, 0) is 59.7 Å². The molecule has 0 heterocycles. The van der Waals surface area contributed by atoms with Gasteiger partial charge in [-0.25, -0.2) is 9.59 Å². The van der Waals surface area contributed by atoms with Crippen LogP contribution < -0.4 is 16.0 Å². The van der Waals surface area contributed by atoms with E-state index in [1.54, 1.807) is 12.1 Å². The number of hydrogen-bond acceptors (Lipinski definition) is 6. The smallest absolute Gasteiger partial charge is 0.334 e. The van der Waals surface area contributed by atoms with Gasteiger partial charge in [-0.2, -0.15) is 4.39 Å². The van der Waals surface area contributed by atoms with Gasteiger partial charge in [0.05, 0.1) is 17.5 Å². The molecule has 1 aliphatic carbocycles. The molecule has 0 saturated heterocycles. The highest BCUT2D eigenvalue weighted by molar-refractivity contribution is 5.94. The van der Waals surface area contributed by atoms with Crippen LogP contribution in [0.15, 0.2) is 66.7 Å². The molecule has 3 aromatic carbocycles. The number of carbonyl (C=O) groups is 3. The molecule has 0 aromatic heterocycles.